The molecule has 0 aliphatic heterocycles. The van der Waals surface area contributed by atoms with Gasteiger partial charge in [0.1, 0.15) is 11.6 Å². The summed E-state index contributed by atoms with van der Waals surface area (Å²) in [6, 6.07) is 0. The minimum atomic E-state index is 0. The van der Waals surface area contributed by atoms with Gasteiger partial charge in [0.05, 0.1) is 12.2 Å². The Labute approximate surface area is 207 Å². The maximum Gasteiger partial charge on any atom is 0.191 e. The van der Waals surface area contributed by atoms with Gasteiger partial charge in [-0.1, -0.05) is 44.6 Å². The molecule has 8 nitrogen and oxygen atoms in total. The molecule has 0 aromatic carbocycles. The average molecular weight is 564 g/mol. The van der Waals surface area contributed by atoms with Crippen molar-refractivity contribution < 1.29 is 4.52 Å². The van der Waals surface area contributed by atoms with Crippen LogP contribution >= 0.6 is 35.7 Å². The zero-order valence-electron chi connectivity index (χ0n) is 19.7. The predicted molar refractivity (Wildman–Crippen MR) is 138 cm³/mol. The number of guanidine groups is 1. The fourth-order valence-electron chi connectivity index (χ4n) is 3.27. The molecule has 176 valence electrons. The number of nitrogens with zero attached hydrogens (tertiary/aromatic N) is 5. The van der Waals surface area contributed by atoms with Crippen molar-refractivity contribution in [3.05, 3.63) is 22.8 Å². The fourth-order valence-corrected chi connectivity index (χ4v) is 3.80. The number of thioether (sulfide) groups is 1. The molecule has 0 radical (unpaired) electrons. The average Bonchev–Trinajstić information content (AvgIpc) is 3.31. The van der Waals surface area contributed by atoms with E-state index in [0.29, 0.717) is 12.5 Å². The van der Waals surface area contributed by atoms with E-state index in [1.165, 1.54) is 0 Å². The zero-order valence-corrected chi connectivity index (χ0v) is 22.8. The van der Waals surface area contributed by atoms with Gasteiger partial charge in [-0.25, -0.2) is 4.99 Å². The molecule has 0 aliphatic carbocycles. The van der Waals surface area contributed by atoms with Crippen molar-refractivity contribution in [1.82, 2.24) is 30.6 Å². The third kappa shape index (κ3) is 8.28. The maximum absolute atomic E-state index is 5.45. The molecule has 2 aromatic rings. The lowest BCUT2D eigenvalue weighted by Crippen LogP contribution is -2.38. The molecule has 0 bridgehead atoms. The topological polar surface area (TPSA) is 93.2 Å². The molecule has 2 N–H and O–H groups in total. The van der Waals surface area contributed by atoms with Gasteiger partial charge in [0.15, 0.2) is 11.1 Å². The predicted octanol–water partition coefficient (Wildman–Crippen LogP) is 4.07. The summed E-state index contributed by atoms with van der Waals surface area (Å²) < 4.78 is 7.70. The second kappa shape index (κ2) is 14.7. The van der Waals surface area contributed by atoms with Crippen LogP contribution in [0.5, 0.6) is 0 Å². The van der Waals surface area contributed by atoms with Crippen LogP contribution in [-0.2, 0) is 32.4 Å². The van der Waals surface area contributed by atoms with E-state index >= 15 is 0 Å². The molecule has 0 unspecified atom stereocenters. The number of aliphatic imine (C=N–C) groups is 1. The number of aromatic nitrogens is 4. The normalized spacial score (nSPS) is 11.6. The summed E-state index contributed by atoms with van der Waals surface area (Å²) in [7, 11) is 0. The van der Waals surface area contributed by atoms with Crippen molar-refractivity contribution in [3.8, 4) is 0 Å². The van der Waals surface area contributed by atoms with Crippen LogP contribution in [0.1, 0.15) is 63.9 Å². The quantitative estimate of drug-likeness (QED) is 0.132. The first-order valence-corrected chi connectivity index (χ1v) is 12.2. The van der Waals surface area contributed by atoms with Crippen LogP contribution in [-0.4, -0.2) is 45.2 Å². The van der Waals surface area contributed by atoms with Crippen LogP contribution < -0.4 is 10.6 Å². The third-order valence-corrected chi connectivity index (χ3v) is 5.41. The highest BCUT2D eigenvalue weighted by atomic mass is 127. The first-order chi connectivity index (χ1) is 14.5. The van der Waals surface area contributed by atoms with Gasteiger partial charge in [0, 0.05) is 38.0 Å². The highest BCUT2D eigenvalue weighted by Gasteiger charge is 2.14. The van der Waals surface area contributed by atoms with E-state index in [-0.39, 0.29) is 24.0 Å². The van der Waals surface area contributed by atoms with Gasteiger partial charge in [0.2, 0.25) is 0 Å². The lowest BCUT2D eigenvalue weighted by atomic mass is 10.1. The standard InChI is InChI=1S/C21H37N7OS.HI/c1-7-17-16(18(8-2)29-27-17)13-24-20(22-9-3)23-12-10-11-19-25-26-21(30-6)28(19)14-15(4)5;/h15H,7-14H2,1-6H3,(H2,22,23,24);1H. The van der Waals surface area contributed by atoms with Crippen molar-refractivity contribution >= 4 is 41.7 Å². The third-order valence-electron chi connectivity index (χ3n) is 4.74. The molecule has 31 heavy (non-hydrogen) atoms. The molecule has 0 aliphatic rings. The zero-order chi connectivity index (χ0) is 21.9. The maximum atomic E-state index is 5.45. The second-order valence-corrected chi connectivity index (χ2v) is 8.34. The van der Waals surface area contributed by atoms with Crippen molar-refractivity contribution in [3.63, 3.8) is 0 Å². The summed E-state index contributed by atoms with van der Waals surface area (Å²) in [6.45, 7) is 13.8. The molecule has 0 atom stereocenters. The van der Waals surface area contributed by atoms with E-state index in [4.69, 9.17) is 9.52 Å². The van der Waals surface area contributed by atoms with Gasteiger partial charge >= 0.3 is 0 Å². The summed E-state index contributed by atoms with van der Waals surface area (Å²) in [5.41, 5.74) is 2.11. The molecule has 0 spiro atoms. The van der Waals surface area contributed by atoms with Crippen molar-refractivity contribution in [2.75, 3.05) is 19.3 Å². The van der Waals surface area contributed by atoms with Crippen LogP contribution in [0.15, 0.2) is 14.7 Å². The minimum absolute atomic E-state index is 0. The van der Waals surface area contributed by atoms with Gasteiger partial charge in [-0.15, -0.1) is 34.2 Å². The minimum Gasteiger partial charge on any atom is -0.361 e. The van der Waals surface area contributed by atoms with Crippen LogP contribution in [0.3, 0.4) is 0 Å². The molecule has 0 fully saturated rings. The second-order valence-electron chi connectivity index (χ2n) is 7.57. The van der Waals surface area contributed by atoms with Crippen molar-refractivity contribution in [2.24, 2.45) is 10.9 Å². The Kier molecular flexibility index (Phi) is 13.2. The summed E-state index contributed by atoms with van der Waals surface area (Å²) in [6.07, 6.45) is 5.58. The highest BCUT2D eigenvalue weighted by molar-refractivity contribution is 14.0. The molecule has 2 rings (SSSR count). The van der Waals surface area contributed by atoms with E-state index < -0.39 is 0 Å². The van der Waals surface area contributed by atoms with Gasteiger partial charge in [-0.2, -0.15) is 0 Å². The van der Waals surface area contributed by atoms with Gasteiger partial charge in [-0.05, 0) is 31.9 Å². The smallest absolute Gasteiger partial charge is 0.191 e. The van der Waals surface area contributed by atoms with E-state index in [9.17, 15) is 0 Å². The molecular weight excluding hydrogens is 525 g/mol. The number of rotatable bonds is 12. The lowest BCUT2D eigenvalue weighted by Gasteiger charge is -2.13. The monoisotopic (exact) mass is 563 g/mol. The molecule has 0 saturated carbocycles. The number of nitrogens with one attached hydrogen (secondary N) is 2. The van der Waals surface area contributed by atoms with Crippen LogP contribution in [0.4, 0.5) is 0 Å². The summed E-state index contributed by atoms with van der Waals surface area (Å²) in [4.78, 5) is 4.75. The number of hydrogen-bond acceptors (Lipinski definition) is 6. The Hall–Kier alpha value is -1.30. The lowest BCUT2D eigenvalue weighted by molar-refractivity contribution is 0.380. The van der Waals surface area contributed by atoms with Crippen molar-refractivity contribution in [1.29, 1.82) is 0 Å². The number of halogens is 1. The fraction of sp³-hybridized carbons (Fsp3) is 0.714. The van der Waals surface area contributed by atoms with Crippen molar-refractivity contribution in [2.45, 2.75) is 78.5 Å². The van der Waals surface area contributed by atoms with Crippen LogP contribution in [0, 0.1) is 5.92 Å². The van der Waals surface area contributed by atoms with E-state index in [1.54, 1.807) is 11.8 Å². The molecule has 10 heteroatoms. The van der Waals surface area contributed by atoms with Gasteiger partial charge in [-0.3, -0.25) is 0 Å². The summed E-state index contributed by atoms with van der Waals surface area (Å²) >= 11 is 1.65. The van der Waals surface area contributed by atoms with Crippen LogP contribution in [0.2, 0.25) is 0 Å². The largest absolute Gasteiger partial charge is 0.361 e. The first kappa shape index (κ1) is 27.7. The molecule has 0 saturated heterocycles. The summed E-state index contributed by atoms with van der Waals surface area (Å²) in [5, 5.41) is 20.7. The Morgan fingerprint density at radius 1 is 1.16 bits per heavy atom. The number of aryl methyl sites for hydroxylation is 3. The van der Waals surface area contributed by atoms with E-state index in [2.05, 4.69) is 71.4 Å². The Bertz CT molecular complexity index is 782. The first-order valence-electron chi connectivity index (χ1n) is 11.0. The van der Waals surface area contributed by atoms with E-state index in [1.807, 2.05) is 0 Å². The SMILES string of the molecule is CCNC(=NCc1c(CC)noc1CC)NCCCc1nnc(SC)n1CC(C)C.I. The summed E-state index contributed by atoms with van der Waals surface area (Å²) in [5.74, 6) is 3.37. The van der Waals surface area contributed by atoms with E-state index in [0.717, 1.165) is 79.3 Å². The Morgan fingerprint density at radius 3 is 2.55 bits per heavy atom. The Morgan fingerprint density at radius 2 is 1.94 bits per heavy atom. The molecular formula is C21H38IN7OS. The van der Waals surface area contributed by atoms with Gasteiger partial charge in [0.25, 0.3) is 0 Å². The van der Waals surface area contributed by atoms with Crippen LogP contribution in [0.25, 0.3) is 0 Å². The highest BCUT2D eigenvalue weighted by Crippen LogP contribution is 2.17. The molecule has 2 heterocycles. The molecule has 0 amide bonds. The Balaban J connectivity index is 0.00000480. The number of hydrogen-bond donors (Lipinski definition) is 2. The van der Waals surface area contributed by atoms with Gasteiger partial charge < -0.3 is 19.7 Å². The molecule has 2 aromatic heterocycles.